The van der Waals surface area contributed by atoms with Crippen molar-refractivity contribution in [3.8, 4) is 17.2 Å². The van der Waals surface area contributed by atoms with Crippen LogP contribution in [-0.2, 0) is 6.42 Å². The van der Waals surface area contributed by atoms with Gasteiger partial charge in [-0.2, -0.15) is 4.98 Å². The monoisotopic (exact) mass is 322 g/mol. The second-order valence-electron chi connectivity index (χ2n) is 5.40. The molecular weight excluding hydrogens is 304 g/mol. The molecule has 0 fully saturated rings. The topological polar surface area (TPSA) is 65.2 Å². The largest absolute Gasteiger partial charge is 0.423 e. The van der Waals surface area contributed by atoms with Gasteiger partial charge < -0.3 is 9.26 Å². The quantitative estimate of drug-likeness (QED) is 0.500. The molecule has 0 saturated carbocycles. The Morgan fingerprint density at radius 2 is 1.83 bits per heavy atom. The average molecular weight is 322 g/mol. The molecule has 0 atom stereocenters. The molecule has 0 bridgehead atoms. The summed E-state index contributed by atoms with van der Waals surface area (Å²) < 4.78 is 10.6. The van der Waals surface area contributed by atoms with E-state index in [4.69, 9.17) is 9.26 Å². The molecule has 0 unspecified atom stereocenters. The van der Waals surface area contributed by atoms with Gasteiger partial charge in [-0.25, -0.2) is 4.79 Å². The van der Waals surface area contributed by atoms with Gasteiger partial charge in [-0.3, -0.25) is 0 Å². The van der Waals surface area contributed by atoms with Gasteiger partial charge in [0.2, 0.25) is 0 Å². The smallest absolute Gasteiger partial charge is 0.343 e. The van der Waals surface area contributed by atoms with Crippen molar-refractivity contribution in [1.82, 2.24) is 10.1 Å². The summed E-state index contributed by atoms with van der Waals surface area (Å²) in [6.07, 6.45) is 2.94. The normalized spacial score (nSPS) is 10.5. The van der Waals surface area contributed by atoms with Crippen LogP contribution < -0.4 is 4.74 Å². The third kappa shape index (κ3) is 3.87. The lowest BCUT2D eigenvalue weighted by Gasteiger charge is -2.04. The standard InChI is InChI=1S/C19H18N2O3/c1-2-3-9-17-20-18(24-21-17)14-10-12-16(13-11-14)23-19(22)15-7-5-4-6-8-15/h4-8,10-13H,2-3,9H2,1H3. The lowest BCUT2D eigenvalue weighted by Crippen LogP contribution is -2.07. The Bertz CT molecular complexity index is 795. The van der Waals surface area contributed by atoms with E-state index >= 15 is 0 Å². The van der Waals surface area contributed by atoms with Crippen LogP contribution >= 0.6 is 0 Å². The molecule has 1 heterocycles. The Morgan fingerprint density at radius 1 is 1.08 bits per heavy atom. The van der Waals surface area contributed by atoms with Crippen LogP contribution in [0.2, 0.25) is 0 Å². The number of ether oxygens (including phenoxy) is 1. The summed E-state index contributed by atoms with van der Waals surface area (Å²) in [5.74, 6) is 1.27. The zero-order valence-electron chi connectivity index (χ0n) is 13.4. The highest BCUT2D eigenvalue weighted by molar-refractivity contribution is 5.91. The fraction of sp³-hybridized carbons (Fsp3) is 0.211. The molecule has 24 heavy (non-hydrogen) atoms. The number of aryl methyl sites for hydroxylation is 1. The Hall–Kier alpha value is -2.95. The number of carbonyl (C=O) groups excluding carboxylic acids is 1. The van der Waals surface area contributed by atoms with Crippen molar-refractivity contribution >= 4 is 5.97 Å². The summed E-state index contributed by atoms with van der Waals surface area (Å²) in [6, 6.07) is 15.9. The second kappa shape index (κ2) is 7.55. The highest BCUT2D eigenvalue weighted by Crippen LogP contribution is 2.22. The number of benzene rings is 2. The summed E-state index contributed by atoms with van der Waals surface area (Å²) in [5, 5.41) is 3.97. The van der Waals surface area contributed by atoms with Crippen LogP contribution in [0.5, 0.6) is 5.75 Å². The van der Waals surface area contributed by atoms with E-state index in [1.54, 1.807) is 48.5 Å². The van der Waals surface area contributed by atoms with Crippen molar-refractivity contribution in [2.75, 3.05) is 0 Å². The summed E-state index contributed by atoms with van der Waals surface area (Å²) in [7, 11) is 0. The van der Waals surface area contributed by atoms with Crippen LogP contribution in [0.25, 0.3) is 11.5 Å². The molecule has 3 rings (SSSR count). The molecule has 5 heteroatoms. The van der Waals surface area contributed by atoms with Gasteiger partial charge in [-0.1, -0.05) is 36.7 Å². The third-order valence-electron chi connectivity index (χ3n) is 3.54. The predicted octanol–water partition coefficient (Wildman–Crippen LogP) is 4.30. The first-order valence-corrected chi connectivity index (χ1v) is 7.96. The van der Waals surface area contributed by atoms with Crippen molar-refractivity contribution in [3.05, 3.63) is 66.0 Å². The van der Waals surface area contributed by atoms with Crippen LogP contribution in [0.15, 0.2) is 59.1 Å². The van der Waals surface area contributed by atoms with Gasteiger partial charge in [0, 0.05) is 12.0 Å². The Balaban J connectivity index is 1.67. The van der Waals surface area contributed by atoms with Crippen LogP contribution in [0.4, 0.5) is 0 Å². The van der Waals surface area contributed by atoms with Crippen molar-refractivity contribution in [3.63, 3.8) is 0 Å². The Morgan fingerprint density at radius 3 is 2.54 bits per heavy atom. The molecule has 1 aromatic heterocycles. The van der Waals surface area contributed by atoms with Crippen molar-refractivity contribution in [2.45, 2.75) is 26.2 Å². The second-order valence-corrected chi connectivity index (χ2v) is 5.40. The minimum absolute atomic E-state index is 0.386. The number of hydrogen-bond acceptors (Lipinski definition) is 5. The van der Waals surface area contributed by atoms with E-state index in [0.717, 1.165) is 24.8 Å². The lowest BCUT2D eigenvalue weighted by molar-refractivity contribution is 0.0735. The molecule has 0 aliphatic heterocycles. The SMILES string of the molecule is CCCCc1noc(-c2ccc(OC(=O)c3ccccc3)cc2)n1. The molecule has 2 aromatic carbocycles. The van der Waals surface area contributed by atoms with Gasteiger partial charge in [0.05, 0.1) is 5.56 Å². The van der Waals surface area contributed by atoms with Gasteiger partial charge in [-0.05, 0) is 42.8 Å². The molecule has 5 nitrogen and oxygen atoms in total. The maximum Gasteiger partial charge on any atom is 0.343 e. The number of aromatic nitrogens is 2. The van der Waals surface area contributed by atoms with E-state index < -0.39 is 0 Å². The van der Waals surface area contributed by atoms with E-state index in [2.05, 4.69) is 17.1 Å². The first-order chi connectivity index (χ1) is 11.8. The molecule has 0 amide bonds. The first-order valence-electron chi connectivity index (χ1n) is 7.96. The minimum Gasteiger partial charge on any atom is -0.423 e. The molecule has 122 valence electrons. The van der Waals surface area contributed by atoms with Crippen molar-refractivity contribution in [2.24, 2.45) is 0 Å². The van der Waals surface area contributed by atoms with Gasteiger partial charge in [0.1, 0.15) is 5.75 Å². The molecular formula is C19H18N2O3. The van der Waals surface area contributed by atoms with Gasteiger partial charge >= 0.3 is 5.97 Å². The third-order valence-corrected chi connectivity index (χ3v) is 3.54. The molecule has 0 N–H and O–H groups in total. The fourth-order valence-corrected chi connectivity index (χ4v) is 2.21. The number of esters is 1. The van der Waals surface area contributed by atoms with Gasteiger partial charge in [-0.15, -0.1) is 0 Å². The molecule has 0 saturated heterocycles. The maximum atomic E-state index is 12.0. The van der Waals surface area contributed by atoms with Crippen LogP contribution in [0.3, 0.4) is 0 Å². The van der Waals surface area contributed by atoms with Crippen LogP contribution in [-0.4, -0.2) is 16.1 Å². The molecule has 0 aliphatic rings. The molecule has 0 spiro atoms. The number of carbonyl (C=O) groups is 1. The lowest BCUT2D eigenvalue weighted by atomic mass is 10.2. The summed E-state index contributed by atoms with van der Waals surface area (Å²) in [6.45, 7) is 2.12. The van der Waals surface area contributed by atoms with Crippen molar-refractivity contribution in [1.29, 1.82) is 0 Å². The van der Waals surface area contributed by atoms with Gasteiger partial charge in [0.15, 0.2) is 5.82 Å². The highest BCUT2D eigenvalue weighted by Gasteiger charge is 2.11. The maximum absolute atomic E-state index is 12.0. The number of nitrogens with zero attached hydrogens (tertiary/aromatic N) is 2. The zero-order valence-corrected chi connectivity index (χ0v) is 13.4. The Labute approximate surface area is 140 Å². The molecule has 0 aliphatic carbocycles. The fourth-order valence-electron chi connectivity index (χ4n) is 2.21. The summed E-state index contributed by atoms with van der Waals surface area (Å²) >= 11 is 0. The zero-order chi connectivity index (χ0) is 16.8. The summed E-state index contributed by atoms with van der Waals surface area (Å²) in [5.41, 5.74) is 1.31. The van der Waals surface area contributed by atoms with E-state index in [1.807, 2.05) is 6.07 Å². The number of unbranched alkanes of at least 4 members (excludes halogenated alkanes) is 1. The van der Waals surface area contributed by atoms with Crippen LogP contribution in [0.1, 0.15) is 35.9 Å². The summed E-state index contributed by atoms with van der Waals surface area (Å²) in [4.78, 5) is 16.4. The van der Waals surface area contributed by atoms with Crippen LogP contribution in [0, 0.1) is 0 Å². The van der Waals surface area contributed by atoms with E-state index in [1.165, 1.54) is 0 Å². The first kappa shape index (κ1) is 15.9. The van der Waals surface area contributed by atoms with Crippen molar-refractivity contribution < 1.29 is 14.1 Å². The van der Waals surface area contributed by atoms with Gasteiger partial charge in [0.25, 0.3) is 5.89 Å². The van der Waals surface area contributed by atoms with E-state index in [0.29, 0.717) is 23.0 Å². The predicted molar refractivity (Wildman–Crippen MR) is 89.7 cm³/mol. The average Bonchev–Trinajstić information content (AvgIpc) is 3.10. The van der Waals surface area contributed by atoms with E-state index in [-0.39, 0.29) is 5.97 Å². The molecule has 3 aromatic rings. The number of rotatable bonds is 6. The number of hydrogen-bond donors (Lipinski definition) is 0. The highest BCUT2D eigenvalue weighted by atomic mass is 16.5. The minimum atomic E-state index is -0.386. The molecule has 0 radical (unpaired) electrons. The van der Waals surface area contributed by atoms with E-state index in [9.17, 15) is 4.79 Å². The Kier molecular flexibility index (Phi) is 5.01.